The molecule has 0 radical (unpaired) electrons. The van der Waals surface area contributed by atoms with Gasteiger partial charge in [0.05, 0.1) is 5.71 Å². The summed E-state index contributed by atoms with van der Waals surface area (Å²) in [5.74, 6) is -0.164. The summed E-state index contributed by atoms with van der Waals surface area (Å²) in [6, 6.07) is 15.6. The van der Waals surface area contributed by atoms with Crippen LogP contribution in [0.4, 0.5) is 5.69 Å². The van der Waals surface area contributed by atoms with Crippen LogP contribution in [-0.4, -0.2) is 17.7 Å². The van der Waals surface area contributed by atoms with Gasteiger partial charge in [-0.15, -0.1) is 0 Å². The normalized spacial score (nSPS) is 16.8. The van der Waals surface area contributed by atoms with Crippen LogP contribution in [0.15, 0.2) is 53.7 Å². The van der Waals surface area contributed by atoms with Crippen LogP contribution in [-0.2, 0) is 9.63 Å². The lowest BCUT2D eigenvalue weighted by Crippen LogP contribution is -2.28. The summed E-state index contributed by atoms with van der Waals surface area (Å²) >= 11 is 0. The minimum atomic E-state index is -0.574. The van der Waals surface area contributed by atoms with Crippen molar-refractivity contribution in [2.24, 2.45) is 5.16 Å². The Morgan fingerprint density at radius 1 is 1.14 bits per heavy atom. The molecule has 0 aromatic heterocycles. The summed E-state index contributed by atoms with van der Waals surface area (Å²) in [6.45, 7) is 4.01. The third-order valence-corrected chi connectivity index (χ3v) is 3.93. The topological polar surface area (TPSA) is 50.7 Å². The fraction of sp³-hybridized carbons (Fsp3) is 0.222. The standard InChI is InChI=1S/C18H18N2O2/c1-12-7-6-10-15(13(12)2)19-18(21)17-11-16(20-22-17)14-8-4-3-5-9-14/h3-10,17H,11H2,1-2H3,(H,19,21). The summed E-state index contributed by atoms with van der Waals surface area (Å²) in [7, 11) is 0. The largest absolute Gasteiger partial charge is 0.382 e. The molecule has 0 saturated carbocycles. The molecule has 112 valence electrons. The van der Waals surface area contributed by atoms with Crippen molar-refractivity contribution >= 4 is 17.3 Å². The number of nitrogens with zero attached hydrogens (tertiary/aromatic N) is 1. The Hall–Kier alpha value is -2.62. The van der Waals surface area contributed by atoms with Crippen LogP contribution < -0.4 is 5.32 Å². The second kappa shape index (κ2) is 6.02. The second-order valence-corrected chi connectivity index (χ2v) is 5.44. The maximum absolute atomic E-state index is 12.3. The Balaban J connectivity index is 1.67. The Morgan fingerprint density at radius 3 is 2.68 bits per heavy atom. The quantitative estimate of drug-likeness (QED) is 0.942. The lowest BCUT2D eigenvalue weighted by molar-refractivity contribution is -0.125. The van der Waals surface area contributed by atoms with Gasteiger partial charge in [-0.3, -0.25) is 4.79 Å². The molecule has 1 amide bonds. The van der Waals surface area contributed by atoms with Gasteiger partial charge in [-0.05, 0) is 36.6 Å². The lowest BCUT2D eigenvalue weighted by atomic mass is 10.0. The van der Waals surface area contributed by atoms with Gasteiger partial charge >= 0.3 is 0 Å². The highest BCUT2D eigenvalue weighted by atomic mass is 16.6. The Bertz CT molecular complexity index is 723. The Kier molecular flexibility index (Phi) is 3.92. The highest BCUT2D eigenvalue weighted by Gasteiger charge is 2.29. The van der Waals surface area contributed by atoms with Crippen LogP contribution in [0.1, 0.15) is 23.1 Å². The van der Waals surface area contributed by atoms with E-state index in [9.17, 15) is 4.79 Å². The number of hydrogen-bond acceptors (Lipinski definition) is 3. The first-order valence-electron chi connectivity index (χ1n) is 7.30. The predicted molar refractivity (Wildman–Crippen MR) is 87.0 cm³/mol. The molecule has 22 heavy (non-hydrogen) atoms. The van der Waals surface area contributed by atoms with Crippen molar-refractivity contribution in [1.82, 2.24) is 0 Å². The fourth-order valence-electron chi connectivity index (χ4n) is 2.42. The van der Waals surface area contributed by atoms with Crippen LogP contribution >= 0.6 is 0 Å². The number of aryl methyl sites for hydroxylation is 1. The van der Waals surface area contributed by atoms with Crippen molar-refractivity contribution in [2.75, 3.05) is 5.32 Å². The van der Waals surface area contributed by atoms with Crippen molar-refractivity contribution in [2.45, 2.75) is 26.4 Å². The summed E-state index contributed by atoms with van der Waals surface area (Å²) in [4.78, 5) is 17.6. The molecule has 1 aliphatic rings. The van der Waals surface area contributed by atoms with Crippen LogP contribution in [0, 0.1) is 13.8 Å². The molecule has 2 aromatic rings. The molecule has 3 rings (SSSR count). The van der Waals surface area contributed by atoms with Crippen LogP contribution in [0.3, 0.4) is 0 Å². The summed E-state index contributed by atoms with van der Waals surface area (Å²) < 4.78 is 0. The van der Waals surface area contributed by atoms with Crippen molar-refractivity contribution in [3.8, 4) is 0 Å². The molecule has 1 atom stereocenters. The summed E-state index contributed by atoms with van der Waals surface area (Å²) in [6.07, 6.45) is -0.0871. The second-order valence-electron chi connectivity index (χ2n) is 5.44. The average molecular weight is 294 g/mol. The third kappa shape index (κ3) is 2.86. The zero-order chi connectivity index (χ0) is 15.5. The van der Waals surface area contributed by atoms with E-state index in [0.717, 1.165) is 28.1 Å². The number of carbonyl (C=O) groups excluding carboxylic acids is 1. The Morgan fingerprint density at radius 2 is 1.91 bits per heavy atom. The zero-order valence-corrected chi connectivity index (χ0v) is 12.7. The van der Waals surface area contributed by atoms with Crippen molar-refractivity contribution in [3.63, 3.8) is 0 Å². The van der Waals surface area contributed by atoms with Crippen LogP contribution in [0.25, 0.3) is 0 Å². The van der Waals surface area contributed by atoms with Gasteiger partial charge in [-0.2, -0.15) is 0 Å². The van der Waals surface area contributed by atoms with E-state index in [-0.39, 0.29) is 5.91 Å². The SMILES string of the molecule is Cc1cccc(NC(=O)C2CC(c3ccccc3)=NO2)c1C. The molecular weight excluding hydrogens is 276 g/mol. The number of anilines is 1. The molecule has 0 saturated heterocycles. The first kappa shape index (κ1) is 14.3. The average Bonchev–Trinajstić information content (AvgIpc) is 3.03. The number of carbonyl (C=O) groups is 1. The van der Waals surface area contributed by atoms with Gasteiger partial charge in [0.1, 0.15) is 0 Å². The number of amides is 1. The van der Waals surface area contributed by atoms with Crippen molar-refractivity contribution in [3.05, 3.63) is 65.2 Å². The number of hydrogen-bond donors (Lipinski definition) is 1. The van der Waals surface area contributed by atoms with Gasteiger partial charge in [0, 0.05) is 12.1 Å². The van der Waals surface area contributed by atoms with E-state index in [1.165, 1.54) is 0 Å². The minimum Gasteiger partial charge on any atom is -0.382 e. The maximum Gasteiger partial charge on any atom is 0.268 e. The lowest BCUT2D eigenvalue weighted by Gasteiger charge is -2.12. The van der Waals surface area contributed by atoms with Crippen LogP contribution in [0.2, 0.25) is 0 Å². The fourth-order valence-corrected chi connectivity index (χ4v) is 2.42. The molecule has 0 bridgehead atoms. The van der Waals surface area contributed by atoms with Gasteiger partial charge in [0.2, 0.25) is 6.10 Å². The highest BCUT2D eigenvalue weighted by molar-refractivity contribution is 6.06. The minimum absolute atomic E-state index is 0.164. The van der Waals surface area contributed by atoms with E-state index < -0.39 is 6.10 Å². The number of nitrogens with one attached hydrogen (secondary N) is 1. The monoisotopic (exact) mass is 294 g/mol. The number of benzene rings is 2. The molecule has 1 unspecified atom stereocenters. The molecule has 1 heterocycles. The first-order chi connectivity index (χ1) is 10.6. The van der Waals surface area contributed by atoms with Crippen molar-refractivity contribution < 1.29 is 9.63 Å². The smallest absolute Gasteiger partial charge is 0.268 e. The molecule has 4 nitrogen and oxygen atoms in total. The van der Waals surface area contributed by atoms with E-state index >= 15 is 0 Å². The summed E-state index contributed by atoms with van der Waals surface area (Å²) in [5, 5.41) is 6.97. The van der Waals surface area contributed by atoms with Gasteiger partial charge in [0.25, 0.3) is 5.91 Å². The zero-order valence-electron chi connectivity index (χ0n) is 12.7. The van der Waals surface area contributed by atoms with Gasteiger partial charge in [0.15, 0.2) is 0 Å². The van der Waals surface area contributed by atoms with Gasteiger partial charge < -0.3 is 10.2 Å². The Labute approximate surface area is 129 Å². The highest BCUT2D eigenvalue weighted by Crippen LogP contribution is 2.21. The molecule has 2 aromatic carbocycles. The molecule has 0 aliphatic carbocycles. The molecule has 4 heteroatoms. The summed E-state index contributed by atoms with van der Waals surface area (Å²) in [5.41, 5.74) is 4.83. The van der Waals surface area contributed by atoms with Crippen LogP contribution in [0.5, 0.6) is 0 Å². The molecule has 0 fully saturated rings. The molecule has 0 spiro atoms. The third-order valence-electron chi connectivity index (χ3n) is 3.93. The van der Waals surface area contributed by atoms with Gasteiger partial charge in [-0.25, -0.2) is 0 Å². The maximum atomic E-state index is 12.3. The molecular formula is C18H18N2O2. The van der Waals surface area contributed by atoms with E-state index in [2.05, 4.69) is 10.5 Å². The first-order valence-corrected chi connectivity index (χ1v) is 7.30. The van der Waals surface area contributed by atoms with Gasteiger partial charge in [-0.1, -0.05) is 47.6 Å². The van der Waals surface area contributed by atoms with Crippen molar-refractivity contribution in [1.29, 1.82) is 0 Å². The predicted octanol–water partition coefficient (Wildman–Crippen LogP) is 3.44. The van der Waals surface area contributed by atoms with E-state index in [4.69, 9.17) is 4.84 Å². The van der Waals surface area contributed by atoms with E-state index in [0.29, 0.717) is 6.42 Å². The van der Waals surface area contributed by atoms with E-state index in [1.54, 1.807) is 0 Å². The number of oxime groups is 1. The number of rotatable bonds is 3. The molecule has 1 aliphatic heterocycles. The molecule has 1 N–H and O–H groups in total. The van der Waals surface area contributed by atoms with E-state index in [1.807, 2.05) is 62.4 Å².